The van der Waals surface area contributed by atoms with Gasteiger partial charge in [0.1, 0.15) is 13.1 Å². The second-order valence-electron chi connectivity index (χ2n) is 9.84. The Morgan fingerprint density at radius 1 is 0.914 bits per heavy atom. The molecule has 6 heteroatoms. The first kappa shape index (κ1) is 23.1. The van der Waals surface area contributed by atoms with E-state index in [2.05, 4.69) is 5.32 Å². The molecular weight excluding hydrogens is 438 g/mol. The maximum absolute atomic E-state index is 13.5. The van der Waals surface area contributed by atoms with Crippen LogP contribution in [0.3, 0.4) is 0 Å². The molecule has 3 saturated heterocycles. The summed E-state index contributed by atoms with van der Waals surface area (Å²) < 4.78 is 6.88. The van der Waals surface area contributed by atoms with E-state index in [9.17, 15) is 9.59 Å². The van der Waals surface area contributed by atoms with Crippen LogP contribution in [-0.4, -0.2) is 48.5 Å². The van der Waals surface area contributed by atoms with E-state index in [0.717, 1.165) is 37.2 Å². The zero-order valence-electron chi connectivity index (χ0n) is 19.8. The fourth-order valence-electron chi connectivity index (χ4n) is 5.48. The molecule has 2 atom stereocenters. The number of ether oxygens (including phenoxy) is 1. The van der Waals surface area contributed by atoms with Crippen molar-refractivity contribution in [3.8, 4) is 0 Å². The Labute approximate surface area is 206 Å². The summed E-state index contributed by atoms with van der Waals surface area (Å²) in [4.78, 5) is 26.6. The molecule has 180 valence electrons. The summed E-state index contributed by atoms with van der Waals surface area (Å²) in [5.41, 5.74) is 8.85. The molecule has 3 heterocycles. The molecule has 6 nitrogen and oxygen atoms in total. The number of nitrogens with two attached hydrogens (primary N) is 1. The summed E-state index contributed by atoms with van der Waals surface area (Å²) in [6.07, 6.45) is 1.75. The minimum absolute atomic E-state index is 0.114. The SMILES string of the molecule is Nc1ccc(C(=O)C[N+]23CCC(CC2)[C@@H](OC(=O)C(Nc2ccccc2)c2ccccc2)C3)cc1. The number of anilines is 2. The van der Waals surface area contributed by atoms with E-state index in [0.29, 0.717) is 34.7 Å². The van der Waals surface area contributed by atoms with E-state index in [1.165, 1.54) is 0 Å². The average molecular weight is 471 g/mol. The molecule has 35 heavy (non-hydrogen) atoms. The average Bonchev–Trinajstić information content (AvgIpc) is 2.89. The van der Waals surface area contributed by atoms with E-state index >= 15 is 0 Å². The number of nitrogen functional groups attached to an aromatic ring is 1. The van der Waals surface area contributed by atoms with E-state index < -0.39 is 6.04 Å². The van der Waals surface area contributed by atoms with Gasteiger partial charge < -0.3 is 20.3 Å². The Morgan fingerprint density at radius 2 is 1.54 bits per heavy atom. The predicted octanol–water partition coefficient (Wildman–Crippen LogP) is 4.46. The number of piperidine rings is 3. The lowest BCUT2D eigenvalue weighted by molar-refractivity contribution is -0.938. The first-order valence-electron chi connectivity index (χ1n) is 12.3. The largest absolute Gasteiger partial charge is 0.454 e. The molecule has 3 aromatic carbocycles. The van der Waals surface area contributed by atoms with E-state index in [4.69, 9.17) is 10.5 Å². The van der Waals surface area contributed by atoms with E-state index in [1.54, 1.807) is 24.3 Å². The third kappa shape index (κ3) is 5.23. The Balaban J connectivity index is 1.30. The molecule has 3 aliphatic heterocycles. The fraction of sp³-hybridized carbons (Fsp3) is 0.310. The van der Waals surface area contributed by atoms with Gasteiger partial charge in [0.05, 0.1) is 13.1 Å². The number of para-hydroxylation sites is 1. The van der Waals surface area contributed by atoms with Gasteiger partial charge in [0.15, 0.2) is 12.1 Å². The number of benzene rings is 3. The predicted molar refractivity (Wildman–Crippen MR) is 137 cm³/mol. The molecule has 6 rings (SSSR count). The zero-order chi connectivity index (χ0) is 24.3. The first-order chi connectivity index (χ1) is 17.0. The van der Waals surface area contributed by atoms with E-state index in [1.807, 2.05) is 60.7 Å². The van der Waals surface area contributed by atoms with Gasteiger partial charge in [-0.05, 0) is 42.0 Å². The Kier molecular flexibility index (Phi) is 6.55. The van der Waals surface area contributed by atoms with Crippen molar-refractivity contribution in [2.75, 3.05) is 37.2 Å². The summed E-state index contributed by atoms with van der Waals surface area (Å²) >= 11 is 0. The number of fused-ring (bicyclic) bond motifs is 3. The molecule has 0 radical (unpaired) electrons. The van der Waals surface area contributed by atoms with Crippen molar-refractivity contribution >= 4 is 23.1 Å². The van der Waals surface area contributed by atoms with Crippen LogP contribution in [0.25, 0.3) is 0 Å². The third-order valence-electron chi connectivity index (χ3n) is 7.47. The maximum Gasteiger partial charge on any atom is 0.333 e. The number of ketones is 1. The summed E-state index contributed by atoms with van der Waals surface area (Å²) in [7, 11) is 0. The van der Waals surface area contributed by atoms with Crippen LogP contribution in [0.15, 0.2) is 84.9 Å². The third-order valence-corrected chi connectivity index (χ3v) is 7.47. The van der Waals surface area contributed by atoms with Gasteiger partial charge in [0.2, 0.25) is 5.78 Å². The van der Waals surface area contributed by atoms with Crippen LogP contribution in [0.1, 0.15) is 34.8 Å². The minimum Gasteiger partial charge on any atom is -0.454 e. The lowest BCUT2D eigenvalue weighted by atomic mass is 9.82. The quantitative estimate of drug-likeness (QED) is 0.220. The highest BCUT2D eigenvalue weighted by Gasteiger charge is 2.49. The number of nitrogens with zero attached hydrogens (tertiary/aromatic N) is 1. The lowest BCUT2D eigenvalue weighted by Gasteiger charge is -2.51. The van der Waals surface area contributed by atoms with Crippen molar-refractivity contribution in [3.05, 3.63) is 96.1 Å². The van der Waals surface area contributed by atoms with Gasteiger partial charge in [-0.3, -0.25) is 4.79 Å². The molecule has 0 saturated carbocycles. The number of hydrogen-bond acceptors (Lipinski definition) is 5. The minimum atomic E-state index is -0.598. The molecule has 3 aromatic rings. The maximum atomic E-state index is 13.5. The molecule has 0 spiro atoms. The van der Waals surface area contributed by atoms with Crippen molar-refractivity contribution in [1.82, 2.24) is 0 Å². The Hall–Kier alpha value is -3.64. The summed E-state index contributed by atoms with van der Waals surface area (Å²) in [6.45, 7) is 3.01. The van der Waals surface area contributed by atoms with Crippen LogP contribution in [0.2, 0.25) is 0 Å². The number of rotatable bonds is 8. The van der Waals surface area contributed by atoms with Crippen molar-refractivity contribution in [3.63, 3.8) is 0 Å². The number of carbonyl (C=O) groups is 2. The van der Waals surface area contributed by atoms with Crippen molar-refractivity contribution < 1.29 is 18.8 Å². The second-order valence-corrected chi connectivity index (χ2v) is 9.84. The fourth-order valence-corrected chi connectivity index (χ4v) is 5.48. The van der Waals surface area contributed by atoms with Gasteiger partial charge in [-0.2, -0.15) is 0 Å². The smallest absolute Gasteiger partial charge is 0.333 e. The summed E-state index contributed by atoms with van der Waals surface area (Å²) in [5.74, 6) is 0.184. The van der Waals surface area contributed by atoms with Gasteiger partial charge in [-0.1, -0.05) is 48.5 Å². The van der Waals surface area contributed by atoms with Crippen molar-refractivity contribution in [2.24, 2.45) is 5.92 Å². The van der Waals surface area contributed by atoms with Crippen LogP contribution in [0.5, 0.6) is 0 Å². The monoisotopic (exact) mass is 470 g/mol. The van der Waals surface area contributed by atoms with Crippen LogP contribution in [-0.2, 0) is 9.53 Å². The van der Waals surface area contributed by atoms with Gasteiger partial charge in [-0.25, -0.2) is 4.79 Å². The highest BCUT2D eigenvalue weighted by molar-refractivity contribution is 5.97. The molecular formula is C29H32N3O3+. The normalized spacial score (nSPS) is 23.9. The lowest BCUT2D eigenvalue weighted by Crippen LogP contribution is -2.65. The number of Topliss-reactive ketones (excluding diaryl/α,β-unsaturated/α-hetero) is 1. The van der Waals surface area contributed by atoms with Crippen LogP contribution in [0.4, 0.5) is 11.4 Å². The topological polar surface area (TPSA) is 81.4 Å². The molecule has 3 N–H and O–H groups in total. The van der Waals surface area contributed by atoms with Gasteiger partial charge in [-0.15, -0.1) is 0 Å². The molecule has 1 unspecified atom stereocenters. The molecule has 2 bridgehead atoms. The zero-order valence-corrected chi connectivity index (χ0v) is 19.8. The van der Waals surface area contributed by atoms with Gasteiger partial charge >= 0.3 is 5.97 Å². The highest BCUT2D eigenvalue weighted by Crippen LogP contribution is 2.36. The molecule has 3 aliphatic rings. The molecule has 0 amide bonds. The van der Waals surface area contributed by atoms with Crippen LogP contribution < -0.4 is 11.1 Å². The first-order valence-corrected chi connectivity index (χ1v) is 12.3. The number of quaternary nitrogens is 1. The Bertz CT molecular complexity index is 1160. The van der Waals surface area contributed by atoms with Gasteiger partial charge in [0.25, 0.3) is 0 Å². The number of nitrogens with one attached hydrogen (secondary N) is 1. The van der Waals surface area contributed by atoms with Gasteiger partial charge in [0, 0.05) is 35.7 Å². The van der Waals surface area contributed by atoms with Crippen molar-refractivity contribution in [1.29, 1.82) is 0 Å². The highest BCUT2D eigenvalue weighted by atomic mass is 16.5. The molecule has 3 fully saturated rings. The standard InChI is InChI=1S/C29H31N3O3/c30-24-13-11-21(12-14-24)26(33)19-32-17-15-22(16-18-32)27(20-32)35-29(34)28(23-7-3-1-4-8-23)31-25-9-5-2-6-10-25/h1-14,22,27-28,31H,15-20H2,(H-,30,33)/p+1/t22?,27-,28?,32?/m0/s1. The van der Waals surface area contributed by atoms with Crippen molar-refractivity contribution in [2.45, 2.75) is 25.0 Å². The number of carbonyl (C=O) groups excluding carboxylic acids is 2. The second kappa shape index (κ2) is 9.92. The Morgan fingerprint density at radius 3 is 2.20 bits per heavy atom. The summed E-state index contributed by atoms with van der Waals surface area (Å²) in [6, 6.07) is 25.9. The summed E-state index contributed by atoms with van der Waals surface area (Å²) in [5, 5.41) is 3.35. The number of esters is 1. The van der Waals surface area contributed by atoms with Crippen LogP contribution >= 0.6 is 0 Å². The van der Waals surface area contributed by atoms with E-state index in [-0.39, 0.29) is 17.9 Å². The van der Waals surface area contributed by atoms with Crippen LogP contribution in [0, 0.1) is 5.92 Å². The molecule has 0 aliphatic carbocycles. The molecule has 0 aromatic heterocycles. The number of hydrogen-bond donors (Lipinski definition) is 2.